The van der Waals surface area contributed by atoms with Gasteiger partial charge in [0.15, 0.2) is 0 Å². The molecular weight excluding hydrogens is 416 g/mol. The van der Waals surface area contributed by atoms with Gasteiger partial charge in [-0.15, -0.1) is 0 Å². The lowest BCUT2D eigenvalue weighted by atomic mass is 9.90. The normalized spacial score (nSPS) is 16.8. The van der Waals surface area contributed by atoms with Crippen LogP contribution < -0.4 is 10.1 Å². The maximum absolute atomic E-state index is 11.7. The maximum atomic E-state index is 11.7. The zero-order valence-corrected chi connectivity index (χ0v) is 19.4. The molecule has 6 heteroatoms. The molecule has 0 aromatic heterocycles. The van der Waals surface area contributed by atoms with Crippen LogP contribution in [0.4, 0.5) is 5.69 Å². The molecule has 0 spiro atoms. The number of phenols is 2. The summed E-state index contributed by atoms with van der Waals surface area (Å²) < 4.78 is 6.25. The van der Waals surface area contributed by atoms with Crippen LogP contribution in [0, 0.1) is 12.8 Å². The number of aromatic hydroxyl groups is 2. The second kappa shape index (κ2) is 10.3. The number of ether oxygens (including phenoxy) is 1. The molecule has 0 unspecified atom stereocenters. The first-order valence-electron chi connectivity index (χ1n) is 11.9. The number of benzene rings is 2. The molecule has 176 valence electrons. The van der Waals surface area contributed by atoms with Gasteiger partial charge in [-0.3, -0.25) is 9.69 Å². The highest BCUT2D eigenvalue weighted by Gasteiger charge is 2.24. The van der Waals surface area contributed by atoms with Crippen molar-refractivity contribution in [1.82, 2.24) is 4.90 Å². The minimum atomic E-state index is -0.230. The Labute approximate surface area is 195 Å². The summed E-state index contributed by atoms with van der Waals surface area (Å²) in [5, 5.41) is 23.8. The summed E-state index contributed by atoms with van der Waals surface area (Å²) in [7, 11) is 0. The average molecular weight is 451 g/mol. The molecule has 33 heavy (non-hydrogen) atoms. The lowest BCUT2D eigenvalue weighted by molar-refractivity contribution is -0.111. The molecule has 1 aliphatic carbocycles. The smallest absolute Gasteiger partial charge is 0.247 e. The van der Waals surface area contributed by atoms with Crippen LogP contribution in [-0.4, -0.2) is 34.2 Å². The van der Waals surface area contributed by atoms with Gasteiger partial charge >= 0.3 is 0 Å². The molecule has 1 saturated carbocycles. The lowest BCUT2D eigenvalue weighted by Gasteiger charge is -2.30. The fourth-order valence-corrected chi connectivity index (χ4v) is 4.93. The van der Waals surface area contributed by atoms with Gasteiger partial charge in [0.25, 0.3) is 0 Å². The number of phenolic OH excluding ortho intramolecular Hbond substituents is 2. The van der Waals surface area contributed by atoms with Crippen LogP contribution in [0.25, 0.3) is 0 Å². The van der Waals surface area contributed by atoms with Crippen molar-refractivity contribution in [3.63, 3.8) is 0 Å². The Balaban J connectivity index is 1.51. The SMILES string of the molecule is C=CC(=O)Nc1ccc2c(c1)CN(Cc1c(O)cc(O)c(C)c1OCC1CCCCC1)CC2. The number of hydrogen-bond donors (Lipinski definition) is 3. The van der Waals surface area contributed by atoms with Crippen LogP contribution >= 0.6 is 0 Å². The number of carbonyl (C=O) groups excluding carboxylic acids is 1. The van der Waals surface area contributed by atoms with Crippen molar-refractivity contribution in [2.24, 2.45) is 5.92 Å². The Morgan fingerprint density at radius 1 is 1.18 bits per heavy atom. The van der Waals surface area contributed by atoms with Gasteiger partial charge in [0.2, 0.25) is 5.91 Å². The van der Waals surface area contributed by atoms with Gasteiger partial charge in [0.1, 0.15) is 17.2 Å². The van der Waals surface area contributed by atoms with Crippen LogP contribution in [0.1, 0.15) is 54.4 Å². The highest BCUT2D eigenvalue weighted by atomic mass is 16.5. The van der Waals surface area contributed by atoms with Crippen molar-refractivity contribution in [2.45, 2.75) is 58.5 Å². The van der Waals surface area contributed by atoms with Crippen LogP contribution in [0.15, 0.2) is 36.9 Å². The molecule has 1 amide bonds. The third-order valence-corrected chi connectivity index (χ3v) is 6.90. The van der Waals surface area contributed by atoms with Gasteiger partial charge in [0.05, 0.1) is 12.2 Å². The molecule has 6 nitrogen and oxygen atoms in total. The Kier molecular flexibility index (Phi) is 7.23. The summed E-state index contributed by atoms with van der Waals surface area (Å²) in [5.74, 6) is 1.03. The summed E-state index contributed by atoms with van der Waals surface area (Å²) in [6.45, 7) is 8.04. The molecule has 1 heterocycles. The highest BCUT2D eigenvalue weighted by Crippen LogP contribution is 2.40. The fraction of sp³-hybridized carbons (Fsp3) is 0.444. The predicted molar refractivity (Wildman–Crippen MR) is 130 cm³/mol. The standard InChI is InChI=1S/C27H34N2O4/c1-3-26(32)28-22-10-9-20-11-12-29(15-21(20)13-22)16-23-25(31)14-24(30)18(2)27(23)33-17-19-7-5-4-6-8-19/h3,9-10,13-14,19,30-31H,1,4-8,11-12,15-17H2,2H3,(H,28,32). The van der Waals surface area contributed by atoms with E-state index in [0.29, 0.717) is 36.9 Å². The average Bonchev–Trinajstić information content (AvgIpc) is 2.82. The number of amides is 1. The van der Waals surface area contributed by atoms with Gasteiger partial charge in [-0.1, -0.05) is 31.9 Å². The minimum absolute atomic E-state index is 0.0569. The van der Waals surface area contributed by atoms with E-state index in [2.05, 4.69) is 22.9 Å². The van der Waals surface area contributed by atoms with Crippen molar-refractivity contribution < 1.29 is 19.7 Å². The van der Waals surface area contributed by atoms with Gasteiger partial charge in [-0.25, -0.2) is 0 Å². The van der Waals surface area contributed by atoms with Crippen LogP contribution in [0.3, 0.4) is 0 Å². The zero-order valence-electron chi connectivity index (χ0n) is 19.4. The summed E-state index contributed by atoms with van der Waals surface area (Å²) >= 11 is 0. The molecule has 1 fully saturated rings. The van der Waals surface area contributed by atoms with E-state index in [4.69, 9.17) is 4.74 Å². The van der Waals surface area contributed by atoms with Crippen molar-refractivity contribution in [2.75, 3.05) is 18.5 Å². The van der Waals surface area contributed by atoms with Gasteiger partial charge in [0, 0.05) is 37.0 Å². The Morgan fingerprint density at radius 3 is 2.73 bits per heavy atom. The van der Waals surface area contributed by atoms with Crippen molar-refractivity contribution in [3.05, 3.63) is 59.2 Å². The quantitative estimate of drug-likeness (QED) is 0.515. The molecule has 1 aliphatic heterocycles. The van der Waals surface area contributed by atoms with Crippen molar-refractivity contribution in [1.29, 1.82) is 0 Å². The van der Waals surface area contributed by atoms with E-state index in [1.165, 1.54) is 49.8 Å². The first-order chi connectivity index (χ1) is 15.9. The van der Waals surface area contributed by atoms with Crippen LogP contribution in [-0.2, 0) is 24.3 Å². The topological polar surface area (TPSA) is 82.0 Å². The first kappa shape index (κ1) is 23.2. The highest BCUT2D eigenvalue weighted by molar-refractivity contribution is 5.98. The summed E-state index contributed by atoms with van der Waals surface area (Å²) in [6, 6.07) is 7.40. The number of hydrogen-bond acceptors (Lipinski definition) is 5. The molecule has 3 N–H and O–H groups in total. The lowest BCUT2D eigenvalue weighted by Crippen LogP contribution is -2.30. The third-order valence-electron chi connectivity index (χ3n) is 6.90. The summed E-state index contributed by atoms with van der Waals surface area (Å²) in [4.78, 5) is 13.9. The van der Waals surface area contributed by atoms with Gasteiger partial charge in [-0.05, 0) is 61.4 Å². The zero-order chi connectivity index (χ0) is 23.4. The summed E-state index contributed by atoms with van der Waals surface area (Å²) in [6.07, 6.45) is 8.28. The largest absolute Gasteiger partial charge is 0.507 e. The van der Waals surface area contributed by atoms with E-state index in [-0.39, 0.29) is 17.4 Å². The minimum Gasteiger partial charge on any atom is -0.507 e. The third kappa shape index (κ3) is 5.50. The van der Waals surface area contributed by atoms with Crippen molar-refractivity contribution in [3.8, 4) is 17.2 Å². The Hall–Kier alpha value is -2.99. The number of anilines is 1. The van der Waals surface area contributed by atoms with E-state index in [9.17, 15) is 15.0 Å². The molecule has 2 aliphatic rings. The molecule has 0 saturated heterocycles. The van der Waals surface area contributed by atoms with E-state index in [1.807, 2.05) is 19.1 Å². The Morgan fingerprint density at radius 2 is 1.97 bits per heavy atom. The number of rotatable bonds is 7. The second-order valence-corrected chi connectivity index (χ2v) is 9.30. The fourth-order valence-electron chi connectivity index (χ4n) is 4.93. The Bertz CT molecular complexity index is 1030. The molecular formula is C27H34N2O4. The molecule has 0 bridgehead atoms. The summed E-state index contributed by atoms with van der Waals surface area (Å²) in [5.41, 5.74) is 4.57. The van der Waals surface area contributed by atoms with E-state index >= 15 is 0 Å². The monoisotopic (exact) mass is 450 g/mol. The number of fused-ring (bicyclic) bond motifs is 1. The molecule has 2 aromatic carbocycles. The molecule has 0 atom stereocenters. The molecule has 4 rings (SSSR count). The second-order valence-electron chi connectivity index (χ2n) is 9.30. The first-order valence-corrected chi connectivity index (χ1v) is 11.9. The van der Waals surface area contributed by atoms with Gasteiger partial charge < -0.3 is 20.3 Å². The number of nitrogens with zero attached hydrogens (tertiary/aromatic N) is 1. The maximum Gasteiger partial charge on any atom is 0.247 e. The van der Waals surface area contributed by atoms with Crippen LogP contribution in [0.2, 0.25) is 0 Å². The number of carbonyl (C=O) groups is 1. The van der Waals surface area contributed by atoms with E-state index in [0.717, 1.165) is 29.8 Å². The van der Waals surface area contributed by atoms with Gasteiger partial charge in [-0.2, -0.15) is 0 Å². The van der Waals surface area contributed by atoms with Crippen LogP contribution in [0.5, 0.6) is 17.2 Å². The molecule has 2 aromatic rings. The predicted octanol–water partition coefficient (Wildman–Crippen LogP) is 5.05. The van der Waals surface area contributed by atoms with E-state index in [1.54, 1.807) is 0 Å². The van der Waals surface area contributed by atoms with E-state index < -0.39 is 0 Å². The molecule has 0 radical (unpaired) electrons. The number of nitrogens with one attached hydrogen (secondary N) is 1. The van der Waals surface area contributed by atoms with Crippen molar-refractivity contribution >= 4 is 11.6 Å².